The number of hydrogen-bond acceptors (Lipinski definition) is 4. The Labute approximate surface area is 126 Å². The van der Waals surface area contributed by atoms with Gasteiger partial charge in [-0.15, -0.1) is 0 Å². The molecule has 0 amide bonds. The maximum atomic E-state index is 12.4. The highest BCUT2D eigenvalue weighted by Crippen LogP contribution is 2.30. The molecule has 1 saturated heterocycles. The second kappa shape index (κ2) is 7.09. The van der Waals surface area contributed by atoms with Gasteiger partial charge in [-0.3, -0.25) is 0 Å². The second-order valence-electron chi connectivity index (χ2n) is 5.13. The molecule has 0 radical (unpaired) electrons. The highest BCUT2D eigenvalue weighted by molar-refractivity contribution is 7.94. The van der Waals surface area contributed by atoms with Gasteiger partial charge in [-0.1, -0.05) is 44.9 Å². The maximum Gasteiger partial charge on any atom is 0.203 e. The first-order chi connectivity index (χ1) is 10.1. The van der Waals surface area contributed by atoms with Crippen molar-refractivity contribution >= 4 is 9.84 Å². The van der Waals surface area contributed by atoms with Crippen molar-refractivity contribution in [1.29, 1.82) is 0 Å². The van der Waals surface area contributed by atoms with Crippen LogP contribution in [0.2, 0.25) is 0 Å². The number of rotatable bonds is 6. The summed E-state index contributed by atoms with van der Waals surface area (Å²) in [6.07, 6.45) is 2.78. The fourth-order valence-corrected chi connectivity index (χ4v) is 3.46. The lowest BCUT2D eigenvalue weighted by molar-refractivity contribution is -0.0586. The van der Waals surface area contributed by atoms with Crippen LogP contribution >= 0.6 is 0 Å². The van der Waals surface area contributed by atoms with Gasteiger partial charge in [0.25, 0.3) is 0 Å². The highest BCUT2D eigenvalue weighted by atomic mass is 32.2. The average molecular weight is 310 g/mol. The van der Waals surface area contributed by atoms with Crippen LogP contribution in [0.4, 0.5) is 0 Å². The zero-order chi connectivity index (χ0) is 15.3. The number of ether oxygens (including phenoxy) is 2. The molecule has 2 unspecified atom stereocenters. The van der Waals surface area contributed by atoms with Crippen LogP contribution in [0.25, 0.3) is 0 Å². The standard InChI is InChI=1S/C16H22O4S/c1-3-8-14-15(20-16(19-14)9-4-2)12-21(17,18)13-10-6-5-7-11-13/h5-7,10-12,14,16H,3-4,8-9H2,1-2H3/b15-12-. The van der Waals surface area contributed by atoms with E-state index < -0.39 is 9.84 Å². The number of hydrogen-bond donors (Lipinski definition) is 0. The van der Waals surface area contributed by atoms with Gasteiger partial charge in [0.2, 0.25) is 9.84 Å². The van der Waals surface area contributed by atoms with E-state index in [9.17, 15) is 8.42 Å². The van der Waals surface area contributed by atoms with Crippen LogP contribution < -0.4 is 0 Å². The van der Waals surface area contributed by atoms with Crippen molar-refractivity contribution in [3.05, 3.63) is 41.5 Å². The molecule has 0 aliphatic carbocycles. The summed E-state index contributed by atoms with van der Waals surface area (Å²) in [5.41, 5.74) is 0. The summed E-state index contributed by atoms with van der Waals surface area (Å²) in [5.74, 6) is 0.430. The molecule has 0 aromatic heterocycles. The molecule has 2 rings (SSSR count). The van der Waals surface area contributed by atoms with Gasteiger partial charge in [0.15, 0.2) is 6.29 Å². The molecule has 0 saturated carbocycles. The number of sulfone groups is 1. The molecular formula is C16H22O4S. The summed E-state index contributed by atoms with van der Waals surface area (Å²) < 4.78 is 36.2. The van der Waals surface area contributed by atoms with Crippen molar-refractivity contribution < 1.29 is 17.9 Å². The van der Waals surface area contributed by atoms with E-state index in [1.165, 1.54) is 5.41 Å². The SMILES string of the molecule is CCCC1O/C(=C\S(=O)(=O)c2ccccc2)C(CCC)O1. The first-order valence-corrected chi connectivity index (χ1v) is 8.95. The van der Waals surface area contributed by atoms with Crippen LogP contribution in [0.3, 0.4) is 0 Å². The van der Waals surface area contributed by atoms with E-state index >= 15 is 0 Å². The Balaban J connectivity index is 2.25. The molecule has 2 atom stereocenters. The van der Waals surface area contributed by atoms with Gasteiger partial charge in [-0.2, -0.15) is 0 Å². The Kier molecular flexibility index (Phi) is 5.42. The molecule has 1 fully saturated rings. The van der Waals surface area contributed by atoms with E-state index in [0.717, 1.165) is 25.7 Å². The summed E-state index contributed by atoms with van der Waals surface area (Å²) >= 11 is 0. The summed E-state index contributed by atoms with van der Waals surface area (Å²) in [6.45, 7) is 4.09. The molecular weight excluding hydrogens is 288 g/mol. The van der Waals surface area contributed by atoms with Gasteiger partial charge in [0.1, 0.15) is 11.9 Å². The molecule has 4 nitrogen and oxygen atoms in total. The minimum Gasteiger partial charge on any atom is -0.466 e. The molecule has 1 heterocycles. The smallest absolute Gasteiger partial charge is 0.203 e. The topological polar surface area (TPSA) is 52.6 Å². The molecule has 0 spiro atoms. The van der Waals surface area contributed by atoms with E-state index in [4.69, 9.17) is 9.47 Å². The summed E-state index contributed by atoms with van der Waals surface area (Å²) in [6, 6.07) is 8.38. The molecule has 1 aliphatic rings. The lowest BCUT2D eigenvalue weighted by atomic mass is 10.2. The molecule has 5 heteroatoms. The second-order valence-corrected chi connectivity index (χ2v) is 6.92. The molecule has 0 bridgehead atoms. The van der Waals surface area contributed by atoms with E-state index in [1.807, 2.05) is 13.8 Å². The number of benzene rings is 1. The lowest BCUT2D eigenvalue weighted by Crippen LogP contribution is -2.11. The van der Waals surface area contributed by atoms with Crippen LogP contribution in [0.15, 0.2) is 46.4 Å². The lowest BCUT2D eigenvalue weighted by Gasteiger charge is -2.07. The third kappa shape index (κ3) is 4.08. The van der Waals surface area contributed by atoms with Gasteiger partial charge in [-0.25, -0.2) is 8.42 Å². The third-order valence-electron chi connectivity index (χ3n) is 3.32. The summed E-state index contributed by atoms with van der Waals surface area (Å²) in [7, 11) is -3.50. The predicted octanol–water partition coefficient (Wildman–Crippen LogP) is 3.64. The maximum absolute atomic E-state index is 12.4. The predicted molar refractivity (Wildman–Crippen MR) is 81.3 cm³/mol. The van der Waals surface area contributed by atoms with E-state index in [2.05, 4.69) is 0 Å². The van der Waals surface area contributed by atoms with Gasteiger partial charge >= 0.3 is 0 Å². The van der Waals surface area contributed by atoms with Crippen molar-refractivity contribution in [2.45, 2.75) is 56.8 Å². The van der Waals surface area contributed by atoms with Crippen LogP contribution in [-0.2, 0) is 19.3 Å². The Morgan fingerprint density at radius 2 is 1.76 bits per heavy atom. The van der Waals surface area contributed by atoms with Crippen LogP contribution in [0, 0.1) is 0 Å². The van der Waals surface area contributed by atoms with E-state index in [1.54, 1.807) is 30.3 Å². The van der Waals surface area contributed by atoms with Gasteiger partial charge in [0, 0.05) is 6.42 Å². The van der Waals surface area contributed by atoms with E-state index in [-0.39, 0.29) is 17.3 Å². The minimum atomic E-state index is -3.50. The Hall–Kier alpha value is -1.33. The normalized spacial score (nSPS) is 24.2. The van der Waals surface area contributed by atoms with Gasteiger partial charge < -0.3 is 9.47 Å². The van der Waals surface area contributed by atoms with Crippen LogP contribution in [0.1, 0.15) is 39.5 Å². The van der Waals surface area contributed by atoms with Crippen molar-refractivity contribution in [3.8, 4) is 0 Å². The van der Waals surface area contributed by atoms with Crippen molar-refractivity contribution in [3.63, 3.8) is 0 Å². The van der Waals surface area contributed by atoms with Crippen molar-refractivity contribution in [1.82, 2.24) is 0 Å². The molecule has 1 aromatic carbocycles. The quantitative estimate of drug-likeness (QED) is 0.805. The van der Waals surface area contributed by atoms with E-state index in [0.29, 0.717) is 5.76 Å². The van der Waals surface area contributed by atoms with Crippen LogP contribution in [-0.4, -0.2) is 20.8 Å². The third-order valence-corrected chi connectivity index (χ3v) is 4.79. The summed E-state index contributed by atoms with van der Waals surface area (Å²) in [5, 5.41) is 1.22. The summed E-state index contributed by atoms with van der Waals surface area (Å²) in [4.78, 5) is 0.273. The van der Waals surface area contributed by atoms with Crippen molar-refractivity contribution in [2.75, 3.05) is 0 Å². The van der Waals surface area contributed by atoms with Crippen LogP contribution in [0.5, 0.6) is 0 Å². The molecule has 1 aliphatic heterocycles. The molecule has 1 aromatic rings. The minimum absolute atomic E-state index is 0.259. The molecule has 0 N–H and O–H groups in total. The van der Waals surface area contributed by atoms with Gasteiger partial charge in [0.05, 0.1) is 10.3 Å². The monoisotopic (exact) mass is 310 g/mol. The fourth-order valence-electron chi connectivity index (χ4n) is 2.28. The van der Waals surface area contributed by atoms with Crippen molar-refractivity contribution in [2.24, 2.45) is 0 Å². The largest absolute Gasteiger partial charge is 0.466 e. The van der Waals surface area contributed by atoms with Gasteiger partial charge in [-0.05, 0) is 18.6 Å². The zero-order valence-electron chi connectivity index (χ0n) is 12.5. The Morgan fingerprint density at radius 3 is 2.38 bits per heavy atom. The highest BCUT2D eigenvalue weighted by Gasteiger charge is 2.32. The molecule has 21 heavy (non-hydrogen) atoms. The fraction of sp³-hybridized carbons (Fsp3) is 0.500. The first-order valence-electron chi connectivity index (χ1n) is 7.40. The first kappa shape index (κ1) is 16.0. The Morgan fingerprint density at radius 1 is 1.10 bits per heavy atom. The average Bonchev–Trinajstić information content (AvgIpc) is 2.82. The molecule has 116 valence electrons. The Bertz CT molecular complexity index is 578. The zero-order valence-corrected chi connectivity index (χ0v) is 13.3.